The first kappa shape index (κ1) is 8.91. The first-order valence-corrected chi connectivity index (χ1v) is 5.46. The minimum absolute atomic E-state index is 0.227. The maximum Gasteiger partial charge on any atom is 0.177 e. The SMILES string of the molecule is Cc1sccc1C(=O)CNC1CC1. The van der Waals surface area contributed by atoms with Gasteiger partial charge in [-0.05, 0) is 31.2 Å². The van der Waals surface area contributed by atoms with E-state index in [1.54, 1.807) is 11.3 Å². The Kier molecular flexibility index (Phi) is 2.47. The number of thiophene rings is 1. The average Bonchev–Trinajstić information content (AvgIpc) is 2.84. The molecule has 13 heavy (non-hydrogen) atoms. The number of ketones is 1. The minimum Gasteiger partial charge on any atom is -0.307 e. The van der Waals surface area contributed by atoms with Crippen LogP contribution in [0.1, 0.15) is 28.1 Å². The van der Waals surface area contributed by atoms with E-state index in [0.29, 0.717) is 12.6 Å². The number of carbonyl (C=O) groups excluding carboxylic acids is 1. The Morgan fingerprint density at radius 2 is 2.46 bits per heavy atom. The van der Waals surface area contributed by atoms with Crippen LogP contribution in [-0.4, -0.2) is 18.4 Å². The molecule has 70 valence electrons. The average molecular weight is 195 g/mol. The van der Waals surface area contributed by atoms with Crippen molar-refractivity contribution < 1.29 is 4.79 Å². The molecule has 0 bridgehead atoms. The van der Waals surface area contributed by atoms with Crippen LogP contribution >= 0.6 is 11.3 Å². The van der Waals surface area contributed by atoms with Crippen molar-refractivity contribution in [3.63, 3.8) is 0 Å². The van der Waals surface area contributed by atoms with Crippen molar-refractivity contribution in [1.82, 2.24) is 5.32 Å². The van der Waals surface area contributed by atoms with Crippen LogP contribution in [0, 0.1) is 6.92 Å². The maximum absolute atomic E-state index is 11.6. The summed E-state index contributed by atoms with van der Waals surface area (Å²) in [7, 11) is 0. The van der Waals surface area contributed by atoms with Crippen molar-refractivity contribution in [1.29, 1.82) is 0 Å². The number of carbonyl (C=O) groups is 1. The highest BCUT2D eigenvalue weighted by Gasteiger charge is 2.21. The van der Waals surface area contributed by atoms with Gasteiger partial charge in [-0.15, -0.1) is 11.3 Å². The highest BCUT2D eigenvalue weighted by molar-refractivity contribution is 7.10. The second kappa shape index (κ2) is 3.60. The third-order valence-electron chi connectivity index (χ3n) is 2.29. The van der Waals surface area contributed by atoms with Gasteiger partial charge < -0.3 is 5.32 Å². The molecule has 1 heterocycles. The van der Waals surface area contributed by atoms with Gasteiger partial charge in [-0.25, -0.2) is 0 Å². The Bertz CT molecular complexity index is 314. The van der Waals surface area contributed by atoms with Crippen LogP contribution in [0.25, 0.3) is 0 Å². The van der Waals surface area contributed by atoms with Gasteiger partial charge in [0.05, 0.1) is 6.54 Å². The Hall–Kier alpha value is -0.670. The van der Waals surface area contributed by atoms with Crippen LogP contribution in [-0.2, 0) is 0 Å². The molecule has 1 N–H and O–H groups in total. The fraction of sp³-hybridized carbons (Fsp3) is 0.500. The summed E-state index contributed by atoms with van der Waals surface area (Å²) in [6.45, 7) is 2.50. The lowest BCUT2D eigenvalue weighted by Crippen LogP contribution is -2.24. The molecule has 0 saturated heterocycles. The van der Waals surface area contributed by atoms with E-state index in [1.807, 2.05) is 18.4 Å². The van der Waals surface area contributed by atoms with E-state index in [-0.39, 0.29) is 5.78 Å². The minimum atomic E-state index is 0.227. The van der Waals surface area contributed by atoms with Crippen LogP contribution in [0.3, 0.4) is 0 Å². The fourth-order valence-electron chi connectivity index (χ4n) is 1.29. The molecule has 2 nitrogen and oxygen atoms in total. The zero-order chi connectivity index (χ0) is 9.26. The van der Waals surface area contributed by atoms with Crippen LogP contribution in [0.2, 0.25) is 0 Å². The fourth-order valence-corrected chi connectivity index (χ4v) is 2.01. The summed E-state index contributed by atoms with van der Waals surface area (Å²) in [6.07, 6.45) is 2.46. The first-order chi connectivity index (χ1) is 6.27. The molecule has 1 aliphatic rings. The molecule has 1 aromatic heterocycles. The van der Waals surface area contributed by atoms with E-state index in [2.05, 4.69) is 5.32 Å². The summed E-state index contributed by atoms with van der Waals surface area (Å²) in [5, 5.41) is 5.20. The Balaban J connectivity index is 1.92. The van der Waals surface area contributed by atoms with Crippen LogP contribution < -0.4 is 5.32 Å². The molecule has 0 radical (unpaired) electrons. The van der Waals surface area contributed by atoms with Gasteiger partial charge in [-0.3, -0.25) is 4.79 Å². The summed E-state index contributed by atoms with van der Waals surface area (Å²) in [5.74, 6) is 0.227. The molecule has 0 atom stereocenters. The highest BCUT2D eigenvalue weighted by atomic mass is 32.1. The lowest BCUT2D eigenvalue weighted by atomic mass is 10.2. The molecule has 0 aliphatic heterocycles. The number of nitrogens with one attached hydrogen (secondary N) is 1. The van der Waals surface area contributed by atoms with E-state index in [0.717, 1.165) is 10.4 Å². The second-order valence-electron chi connectivity index (χ2n) is 3.47. The van der Waals surface area contributed by atoms with E-state index in [4.69, 9.17) is 0 Å². The van der Waals surface area contributed by atoms with E-state index < -0.39 is 0 Å². The molecule has 0 unspecified atom stereocenters. The number of Topliss-reactive ketones (excluding diaryl/α,β-unsaturated/α-hetero) is 1. The topological polar surface area (TPSA) is 29.1 Å². The number of rotatable bonds is 4. The molecule has 0 spiro atoms. The van der Waals surface area contributed by atoms with Crippen molar-refractivity contribution >= 4 is 17.1 Å². The van der Waals surface area contributed by atoms with Gasteiger partial charge in [0.15, 0.2) is 5.78 Å². The van der Waals surface area contributed by atoms with Crippen molar-refractivity contribution in [2.24, 2.45) is 0 Å². The molecule has 1 aromatic rings. The standard InChI is InChI=1S/C10H13NOS/c1-7-9(4-5-13-7)10(12)6-11-8-2-3-8/h4-5,8,11H,2-3,6H2,1H3. The van der Waals surface area contributed by atoms with Gasteiger partial charge in [-0.1, -0.05) is 0 Å². The van der Waals surface area contributed by atoms with E-state index in [1.165, 1.54) is 12.8 Å². The predicted molar refractivity (Wildman–Crippen MR) is 54.4 cm³/mol. The van der Waals surface area contributed by atoms with Gasteiger partial charge in [0, 0.05) is 16.5 Å². The summed E-state index contributed by atoms with van der Waals surface area (Å²) >= 11 is 1.63. The quantitative estimate of drug-likeness (QED) is 0.744. The molecule has 1 saturated carbocycles. The van der Waals surface area contributed by atoms with Crippen LogP contribution in [0.15, 0.2) is 11.4 Å². The van der Waals surface area contributed by atoms with E-state index >= 15 is 0 Å². The smallest absolute Gasteiger partial charge is 0.177 e. The summed E-state index contributed by atoms with van der Waals surface area (Å²) in [6, 6.07) is 2.53. The normalized spacial score (nSPS) is 16.1. The Morgan fingerprint density at radius 1 is 1.69 bits per heavy atom. The molecule has 3 heteroatoms. The van der Waals surface area contributed by atoms with Crippen molar-refractivity contribution in [2.45, 2.75) is 25.8 Å². The number of aryl methyl sites for hydroxylation is 1. The Morgan fingerprint density at radius 3 is 3.00 bits per heavy atom. The molecular weight excluding hydrogens is 182 g/mol. The van der Waals surface area contributed by atoms with Crippen molar-refractivity contribution in [3.05, 3.63) is 21.9 Å². The zero-order valence-corrected chi connectivity index (χ0v) is 8.49. The summed E-state index contributed by atoms with van der Waals surface area (Å²) < 4.78 is 0. The maximum atomic E-state index is 11.6. The third-order valence-corrected chi connectivity index (χ3v) is 3.13. The monoisotopic (exact) mass is 195 g/mol. The van der Waals surface area contributed by atoms with Gasteiger partial charge in [-0.2, -0.15) is 0 Å². The largest absolute Gasteiger partial charge is 0.307 e. The van der Waals surface area contributed by atoms with Crippen LogP contribution in [0.4, 0.5) is 0 Å². The van der Waals surface area contributed by atoms with Gasteiger partial charge in [0.1, 0.15) is 0 Å². The second-order valence-corrected chi connectivity index (χ2v) is 4.59. The molecule has 0 amide bonds. The van der Waals surface area contributed by atoms with Gasteiger partial charge in [0.2, 0.25) is 0 Å². The zero-order valence-electron chi connectivity index (χ0n) is 7.67. The van der Waals surface area contributed by atoms with Gasteiger partial charge in [0.25, 0.3) is 0 Å². The van der Waals surface area contributed by atoms with Gasteiger partial charge >= 0.3 is 0 Å². The lowest BCUT2D eigenvalue weighted by Gasteiger charge is -2.00. The third kappa shape index (κ3) is 2.17. The molecule has 1 fully saturated rings. The Labute approximate surface area is 82.0 Å². The molecule has 1 aliphatic carbocycles. The van der Waals surface area contributed by atoms with Crippen molar-refractivity contribution in [2.75, 3.05) is 6.54 Å². The number of hydrogen-bond acceptors (Lipinski definition) is 3. The number of hydrogen-bond donors (Lipinski definition) is 1. The predicted octanol–water partition coefficient (Wildman–Crippen LogP) is 1.99. The van der Waals surface area contributed by atoms with Crippen LogP contribution in [0.5, 0.6) is 0 Å². The highest BCUT2D eigenvalue weighted by Crippen LogP contribution is 2.19. The van der Waals surface area contributed by atoms with Crippen molar-refractivity contribution in [3.8, 4) is 0 Å². The first-order valence-electron chi connectivity index (χ1n) is 4.58. The molecule has 0 aromatic carbocycles. The van der Waals surface area contributed by atoms with E-state index in [9.17, 15) is 4.79 Å². The summed E-state index contributed by atoms with van der Waals surface area (Å²) in [4.78, 5) is 12.7. The summed E-state index contributed by atoms with van der Waals surface area (Å²) in [5.41, 5.74) is 0.887. The molecule has 2 rings (SSSR count). The lowest BCUT2D eigenvalue weighted by molar-refractivity contribution is 0.0990. The molecular formula is C10H13NOS.